The number of benzene rings is 2. The summed E-state index contributed by atoms with van der Waals surface area (Å²) in [5, 5.41) is 21.5. The van der Waals surface area contributed by atoms with Crippen LogP contribution in [0.25, 0.3) is 5.76 Å². The van der Waals surface area contributed by atoms with Crippen LogP contribution in [-0.4, -0.2) is 33.5 Å². The molecule has 2 heterocycles. The maximum Gasteiger partial charge on any atom is 0.301 e. The number of ketones is 1. The zero-order chi connectivity index (χ0) is 23.9. The number of Topliss-reactive ketones (excluding diaryl/α,β-unsaturated/α-hetero) is 1. The number of aromatic nitrogens is 1. The van der Waals surface area contributed by atoms with Gasteiger partial charge >= 0.3 is 5.91 Å². The molecule has 0 aliphatic carbocycles. The Labute approximate surface area is 193 Å². The number of carbonyl (C=O) groups is 2. The molecule has 0 unspecified atom stereocenters. The quantitative estimate of drug-likeness (QED) is 0.322. The van der Waals surface area contributed by atoms with Gasteiger partial charge in [0.25, 0.3) is 5.78 Å². The zero-order valence-electron chi connectivity index (χ0n) is 18.1. The van der Waals surface area contributed by atoms with Gasteiger partial charge in [0.05, 0.1) is 23.9 Å². The minimum absolute atomic E-state index is 0.1000. The van der Waals surface area contributed by atoms with Gasteiger partial charge in [-0.2, -0.15) is 0 Å². The molecule has 9 heteroatoms. The standard InChI is InChI=1S/C24H21FN2O5S/c1-4-32-18-11-15(7-10-17(18)28)20-19(21(29)14-5-8-16(25)9-6-14)22(30)23(31)27(20)24-26-12(2)13(3)33-24/h5-11,20,28-29H,4H2,1-3H3/b21-19+/t20-/m1/s1. The van der Waals surface area contributed by atoms with Crippen molar-refractivity contribution in [1.82, 2.24) is 4.98 Å². The van der Waals surface area contributed by atoms with E-state index < -0.39 is 29.3 Å². The molecular weight excluding hydrogens is 447 g/mol. The van der Waals surface area contributed by atoms with E-state index in [1.54, 1.807) is 19.9 Å². The van der Waals surface area contributed by atoms with Gasteiger partial charge in [0.1, 0.15) is 11.6 Å². The monoisotopic (exact) mass is 468 g/mol. The molecule has 3 aromatic rings. The number of rotatable bonds is 5. The lowest BCUT2D eigenvalue weighted by molar-refractivity contribution is -0.132. The van der Waals surface area contributed by atoms with E-state index in [-0.39, 0.29) is 29.2 Å². The van der Waals surface area contributed by atoms with Crippen molar-refractivity contribution in [3.05, 3.63) is 75.6 Å². The fraction of sp³-hybridized carbons (Fsp3) is 0.208. The number of hydrogen-bond acceptors (Lipinski definition) is 7. The number of hydrogen-bond donors (Lipinski definition) is 2. The lowest BCUT2D eigenvalue weighted by Crippen LogP contribution is -2.29. The van der Waals surface area contributed by atoms with Crippen molar-refractivity contribution in [3.63, 3.8) is 0 Å². The van der Waals surface area contributed by atoms with E-state index in [0.29, 0.717) is 10.7 Å². The molecule has 0 saturated carbocycles. The first-order valence-electron chi connectivity index (χ1n) is 10.2. The van der Waals surface area contributed by atoms with E-state index in [1.807, 2.05) is 6.92 Å². The van der Waals surface area contributed by atoms with Crippen molar-refractivity contribution in [2.45, 2.75) is 26.8 Å². The van der Waals surface area contributed by atoms with Gasteiger partial charge in [-0.1, -0.05) is 6.07 Å². The molecule has 1 atom stereocenters. The second-order valence-corrected chi connectivity index (χ2v) is 8.66. The lowest BCUT2D eigenvalue weighted by Gasteiger charge is -2.23. The molecule has 170 valence electrons. The summed E-state index contributed by atoms with van der Waals surface area (Å²) >= 11 is 1.25. The number of aliphatic hydroxyl groups excluding tert-OH is 1. The predicted octanol–water partition coefficient (Wildman–Crippen LogP) is 4.63. The van der Waals surface area contributed by atoms with Crippen LogP contribution in [0.15, 0.2) is 48.0 Å². The fourth-order valence-corrected chi connectivity index (χ4v) is 4.58. The zero-order valence-corrected chi connectivity index (χ0v) is 18.9. The van der Waals surface area contributed by atoms with Gasteiger partial charge < -0.3 is 14.9 Å². The van der Waals surface area contributed by atoms with Crippen LogP contribution < -0.4 is 9.64 Å². The highest BCUT2D eigenvalue weighted by atomic mass is 32.1. The van der Waals surface area contributed by atoms with Crippen LogP contribution in [0.3, 0.4) is 0 Å². The maximum absolute atomic E-state index is 13.4. The summed E-state index contributed by atoms with van der Waals surface area (Å²) in [5.74, 6) is -2.60. The Kier molecular flexibility index (Phi) is 5.90. The van der Waals surface area contributed by atoms with Gasteiger partial charge in [-0.15, -0.1) is 11.3 Å². The van der Waals surface area contributed by atoms with E-state index in [4.69, 9.17) is 4.74 Å². The van der Waals surface area contributed by atoms with Gasteiger partial charge in [0, 0.05) is 10.4 Å². The summed E-state index contributed by atoms with van der Waals surface area (Å²) in [4.78, 5) is 32.8. The number of aliphatic hydroxyl groups is 1. The molecule has 1 saturated heterocycles. The Morgan fingerprint density at radius 3 is 2.48 bits per heavy atom. The molecule has 0 bridgehead atoms. The molecule has 0 spiro atoms. The lowest BCUT2D eigenvalue weighted by atomic mass is 9.95. The average Bonchev–Trinajstić information content (AvgIpc) is 3.25. The van der Waals surface area contributed by atoms with Gasteiger partial charge in [-0.05, 0) is 62.7 Å². The van der Waals surface area contributed by atoms with Crippen LogP contribution in [0.5, 0.6) is 11.5 Å². The topological polar surface area (TPSA) is 100.0 Å². The van der Waals surface area contributed by atoms with Crippen LogP contribution in [0.2, 0.25) is 0 Å². The maximum atomic E-state index is 13.4. The van der Waals surface area contributed by atoms with Crippen LogP contribution in [-0.2, 0) is 9.59 Å². The SMILES string of the molecule is CCOc1cc([C@@H]2/C(=C(\O)c3ccc(F)cc3)C(=O)C(=O)N2c2nc(C)c(C)s2)ccc1O. The Hall–Kier alpha value is -3.72. The molecule has 0 radical (unpaired) electrons. The van der Waals surface area contributed by atoms with E-state index in [0.717, 1.165) is 22.7 Å². The third-order valence-electron chi connectivity index (χ3n) is 5.38. The second-order valence-electron chi connectivity index (χ2n) is 7.47. The van der Waals surface area contributed by atoms with Crippen LogP contribution in [0.4, 0.5) is 9.52 Å². The van der Waals surface area contributed by atoms with Crippen molar-refractivity contribution in [1.29, 1.82) is 0 Å². The number of thiazole rings is 1. The number of aromatic hydroxyl groups is 1. The van der Waals surface area contributed by atoms with Gasteiger partial charge in [-0.3, -0.25) is 14.5 Å². The van der Waals surface area contributed by atoms with E-state index in [1.165, 1.54) is 40.5 Å². The summed E-state index contributed by atoms with van der Waals surface area (Å²) in [5.41, 5.74) is 1.18. The smallest absolute Gasteiger partial charge is 0.301 e. The van der Waals surface area contributed by atoms with Crippen molar-refractivity contribution in [2.75, 3.05) is 11.5 Å². The summed E-state index contributed by atoms with van der Waals surface area (Å²) in [7, 11) is 0. The second kappa shape index (κ2) is 8.67. The predicted molar refractivity (Wildman–Crippen MR) is 122 cm³/mol. The van der Waals surface area contributed by atoms with Crippen molar-refractivity contribution in [2.24, 2.45) is 0 Å². The molecule has 1 fully saturated rings. The third kappa shape index (κ3) is 3.95. The highest BCUT2D eigenvalue weighted by molar-refractivity contribution is 7.16. The van der Waals surface area contributed by atoms with Gasteiger partial charge in [0.15, 0.2) is 16.6 Å². The Morgan fingerprint density at radius 2 is 1.88 bits per heavy atom. The number of phenols is 1. The summed E-state index contributed by atoms with van der Waals surface area (Å²) in [6.45, 7) is 5.70. The first-order valence-corrected chi connectivity index (χ1v) is 11.0. The van der Waals surface area contributed by atoms with E-state index in [2.05, 4.69) is 4.98 Å². The average molecular weight is 469 g/mol. The van der Waals surface area contributed by atoms with E-state index in [9.17, 15) is 24.2 Å². The first-order chi connectivity index (χ1) is 15.7. The normalized spacial score (nSPS) is 17.6. The fourth-order valence-electron chi connectivity index (χ4n) is 3.64. The number of nitrogens with zero attached hydrogens (tertiary/aromatic N) is 2. The molecule has 1 aromatic heterocycles. The molecular formula is C24H21FN2O5S. The number of phenolic OH excluding ortho intramolecular Hbond substituents is 1. The van der Waals surface area contributed by atoms with Gasteiger partial charge in [-0.25, -0.2) is 9.37 Å². The minimum atomic E-state index is -1.03. The number of aryl methyl sites for hydroxylation is 2. The molecule has 1 aliphatic heterocycles. The highest BCUT2D eigenvalue weighted by Crippen LogP contribution is 2.45. The molecule has 7 nitrogen and oxygen atoms in total. The number of carbonyl (C=O) groups excluding carboxylic acids is 2. The molecule has 2 N–H and O–H groups in total. The number of anilines is 1. The Morgan fingerprint density at radius 1 is 1.18 bits per heavy atom. The molecule has 4 rings (SSSR count). The largest absolute Gasteiger partial charge is 0.507 e. The Balaban J connectivity index is 1.96. The van der Waals surface area contributed by atoms with Gasteiger partial charge in [0.2, 0.25) is 0 Å². The van der Waals surface area contributed by atoms with Crippen LogP contribution in [0.1, 0.15) is 34.7 Å². The van der Waals surface area contributed by atoms with Crippen LogP contribution >= 0.6 is 11.3 Å². The van der Waals surface area contributed by atoms with Crippen LogP contribution in [0, 0.1) is 19.7 Å². The van der Waals surface area contributed by atoms with Crippen molar-refractivity contribution in [3.8, 4) is 11.5 Å². The molecule has 1 amide bonds. The molecule has 2 aromatic carbocycles. The highest BCUT2D eigenvalue weighted by Gasteiger charge is 2.48. The summed E-state index contributed by atoms with van der Waals surface area (Å²) < 4.78 is 18.9. The summed E-state index contributed by atoms with van der Waals surface area (Å²) in [6.07, 6.45) is 0. The molecule has 33 heavy (non-hydrogen) atoms. The van der Waals surface area contributed by atoms with Crippen molar-refractivity contribution >= 4 is 33.9 Å². The number of amides is 1. The first kappa shape index (κ1) is 22.5. The number of ether oxygens (including phenoxy) is 1. The summed E-state index contributed by atoms with van der Waals surface area (Å²) in [6, 6.07) is 8.41. The Bertz CT molecular complexity index is 1260. The van der Waals surface area contributed by atoms with E-state index >= 15 is 0 Å². The van der Waals surface area contributed by atoms with Crippen molar-refractivity contribution < 1.29 is 28.9 Å². The molecule has 1 aliphatic rings. The number of halogens is 1. The minimum Gasteiger partial charge on any atom is -0.507 e. The third-order valence-corrected chi connectivity index (χ3v) is 6.46.